The molecule has 0 aromatic heterocycles. The van der Waals surface area contributed by atoms with Crippen LogP contribution in [0.4, 0.5) is 0 Å². The van der Waals surface area contributed by atoms with E-state index in [1.807, 2.05) is 0 Å². The monoisotopic (exact) mass is 289 g/mol. The molecular formula is C19H31NO. The Hall–Kier alpha value is -1.02. The van der Waals surface area contributed by atoms with Gasteiger partial charge in [0.25, 0.3) is 0 Å². The summed E-state index contributed by atoms with van der Waals surface area (Å²) >= 11 is 0. The Bertz CT molecular complexity index is 461. The molecule has 2 rings (SSSR count). The van der Waals surface area contributed by atoms with E-state index in [9.17, 15) is 0 Å². The molecular weight excluding hydrogens is 258 g/mol. The average Bonchev–Trinajstić information content (AvgIpc) is 2.39. The predicted molar refractivity (Wildman–Crippen MR) is 90.2 cm³/mol. The zero-order chi connectivity index (χ0) is 15.5. The molecule has 1 heterocycles. The summed E-state index contributed by atoms with van der Waals surface area (Å²) in [7, 11) is 0. The number of piperidine rings is 1. The fourth-order valence-corrected chi connectivity index (χ4v) is 3.13. The molecule has 1 aliphatic heterocycles. The molecule has 1 atom stereocenters. The molecule has 21 heavy (non-hydrogen) atoms. The van der Waals surface area contributed by atoms with Crippen LogP contribution in [0.15, 0.2) is 18.2 Å². The fourth-order valence-electron chi connectivity index (χ4n) is 3.13. The van der Waals surface area contributed by atoms with Crippen LogP contribution in [0.1, 0.15) is 51.7 Å². The Morgan fingerprint density at radius 3 is 2.71 bits per heavy atom. The van der Waals surface area contributed by atoms with Crippen molar-refractivity contribution in [3.05, 3.63) is 29.3 Å². The molecule has 2 nitrogen and oxygen atoms in total. The van der Waals surface area contributed by atoms with Crippen molar-refractivity contribution in [1.29, 1.82) is 0 Å². The minimum Gasteiger partial charge on any atom is -0.492 e. The molecule has 0 bridgehead atoms. The van der Waals surface area contributed by atoms with Gasteiger partial charge in [0.2, 0.25) is 0 Å². The largest absolute Gasteiger partial charge is 0.492 e. The maximum absolute atomic E-state index is 6.11. The second-order valence-electron chi connectivity index (χ2n) is 7.65. The lowest BCUT2D eigenvalue weighted by molar-refractivity contribution is 0.153. The van der Waals surface area contributed by atoms with Gasteiger partial charge in [0.1, 0.15) is 12.4 Å². The van der Waals surface area contributed by atoms with Crippen LogP contribution in [-0.4, -0.2) is 31.1 Å². The average molecular weight is 289 g/mol. The van der Waals surface area contributed by atoms with Crippen molar-refractivity contribution in [3.8, 4) is 5.75 Å². The van der Waals surface area contributed by atoms with Gasteiger partial charge in [-0.3, -0.25) is 4.90 Å². The molecule has 1 saturated heterocycles. The summed E-state index contributed by atoms with van der Waals surface area (Å²) in [5.41, 5.74) is 2.74. The zero-order valence-corrected chi connectivity index (χ0v) is 14.4. The van der Waals surface area contributed by atoms with Crippen LogP contribution in [0.2, 0.25) is 0 Å². The third kappa shape index (κ3) is 4.74. The first kappa shape index (κ1) is 16.4. The van der Waals surface area contributed by atoms with Crippen molar-refractivity contribution in [1.82, 2.24) is 4.90 Å². The maximum Gasteiger partial charge on any atom is 0.123 e. The van der Waals surface area contributed by atoms with Crippen molar-refractivity contribution < 1.29 is 4.74 Å². The van der Waals surface area contributed by atoms with Crippen molar-refractivity contribution in [2.45, 2.75) is 52.9 Å². The maximum atomic E-state index is 6.11. The summed E-state index contributed by atoms with van der Waals surface area (Å²) in [6.07, 6.45) is 2.71. The number of benzene rings is 1. The third-order valence-corrected chi connectivity index (χ3v) is 4.35. The Morgan fingerprint density at radius 1 is 1.29 bits per heavy atom. The topological polar surface area (TPSA) is 12.5 Å². The number of likely N-dealkylation sites (tertiary alicyclic amines) is 1. The van der Waals surface area contributed by atoms with Gasteiger partial charge in [0.15, 0.2) is 0 Å². The predicted octanol–water partition coefficient (Wildman–Crippen LogP) is 4.40. The molecule has 0 amide bonds. The Labute approximate surface area is 130 Å². The molecule has 0 radical (unpaired) electrons. The molecule has 0 saturated carbocycles. The molecule has 0 spiro atoms. The van der Waals surface area contributed by atoms with Crippen LogP contribution in [0.25, 0.3) is 0 Å². The zero-order valence-electron chi connectivity index (χ0n) is 14.4. The lowest BCUT2D eigenvalue weighted by Crippen LogP contribution is -2.37. The SMILES string of the molecule is Cc1ccc(OCCN2CCC[C@H](C)C2)c(C(C)(C)C)c1. The number of ether oxygens (including phenoxy) is 1. The van der Waals surface area contributed by atoms with Gasteiger partial charge in [-0.25, -0.2) is 0 Å². The second-order valence-corrected chi connectivity index (χ2v) is 7.65. The molecule has 0 N–H and O–H groups in total. The number of rotatable bonds is 4. The normalized spacial score (nSPS) is 20.5. The molecule has 118 valence electrons. The van der Waals surface area contributed by atoms with Gasteiger partial charge >= 0.3 is 0 Å². The molecule has 0 unspecified atom stereocenters. The summed E-state index contributed by atoms with van der Waals surface area (Å²) in [5, 5.41) is 0. The molecule has 1 aliphatic rings. The number of hydrogen-bond acceptors (Lipinski definition) is 2. The summed E-state index contributed by atoms with van der Waals surface area (Å²) in [6.45, 7) is 15.5. The van der Waals surface area contributed by atoms with Gasteiger partial charge in [-0.05, 0) is 49.3 Å². The van der Waals surface area contributed by atoms with Crippen molar-refractivity contribution in [2.24, 2.45) is 5.92 Å². The van der Waals surface area contributed by atoms with E-state index >= 15 is 0 Å². The first-order valence-corrected chi connectivity index (χ1v) is 8.32. The van der Waals surface area contributed by atoms with E-state index in [2.05, 4.69) is 57.7 Å². The lowest BCUT2D eigenvalue weighted by atomic mass is 9.85. The minimum absolute atomic E-state index is 0.126. The van der Waals surface area contributed by atoms with E-state index in [0.717, 1.165) is 24.8 Å². The van der Waals surface area contributed by atoms with E-state index in [1.165, 1.54) is 37.1 Å². The van der Waals surface area contributed by atoms with E-state index < -0.39 is 0 Å². The van der Waals surface area contributed by atoms with Gasteiger partial charge in [-0.1, -0.05) is 45.4 Å². The van der Waals surface area contributed by atoms with E-state index in [4.69, 9.17) is 4.74 Å². The van der Waals surface area contributed by atoms with Gasteiger partial charge in [0, 0.05) is 13.1 Å². The standard InChI is InChI=1S/C19H31NO/c1-15-8-9-18(17(13-15)19(3,4)5)21-12-11-20-10-6-7-16(2)14-20/h8-9,13,16H,6-7,10-12,14H2,1-5H3/t16-/m0/s1. The van der Waals surface area contributed by atoms with Crippen LogP contribution in [-0.2, 0) is 5.41 Å². The fraction of sp³-hybridized carbons (Fsp3) is 0.684. The molecule has 1 aromatic rings. The van der Waals surface area contributed by atoms with Gasteiger partial charge in [0.05, 0.1) is 0 Å². The molecule has 1 aromatic carbocycles. The van der Waals surface area contributed by atoms with Crippen LogP contribution >= 0.6 is 0 Å². The third-order valence-electron chi connectivity index (χ3n) is 4.35. The van der Waals surface area contributed by atoms with E-state index in [-0.39, 0.29) is 5.41 Å². The number of nitrogens with zero attached hydrogens (tertiary/aromatic N) is 1. The first-order valence-electron chi connectivity index (χ1n) is 8.32. The van der Waals surface area contributed by atoms with Crippen LogP contribution in [0.3, 0.4) is 0 Å². The second kappa shape index (κ2) is 6.83. The van der Waals surface area contributed by atoms with Gasteiger partial charge < -0.3 is 4.74 Å². The van der Waals surface area contributed by atoms with Crippen molar-refractivity contribution in [2.75, 3.05) is 26.2 Å². The Morgan fingerprint density at radius 2 is 2.05 bits per heavy atom. The summed E-state index contributed by atoms with van der Waals surface area (Å²) in [6, 6.07) is 6.54. The summed E-state index contributed by atoms with van der Waals surface area (Å²) < 4.78 is 6.11. The minimum atomic E-state index is 0.126. The highest BCUT2D eigenvalue weighted by molar-refractivity contribution is 5.41. The molecule has 1 fully saturated rings. The van der Waals surface area contributed by atoms with Gasteiger partial charge in [-0.2, -0.15) is 0 Å². The van der Waals surface area contributed by atoms with Crippen molar-refractivity contribution >= 4 is 0 Å². The van der Waals surface area contributed by atoms with Crippen LogP contribution in [0.5, 0.6) is 5.75 Å². The van der Waals surface area contributed by atoms with E-state index in [0.29, 0.717) is 0 Å². The van der Waals surface area contributed by atoms with Crippen LogP contribution in [0, 0.1) is 12.8 Å². The van der Waals surface area contributed by atoms with Crippen LogP contribution < -0.4 is 4.74 Å². The van der Waals surface area contributed by atoms with E-state index in [1.54, 1.807) is 0 Å². The Kier molecular flexibility index (Phi) is 5.32. The molecule has 2 heteroatoms. The number of hydrogen-bond donors (Lipinski definition) is 0. The highest BCUT2D eigenvalue weighted by Gasteiger charge is 2.20. The Balaban J connectivity index is 1.94. The lowest BCUT2D eigenvalue weighted by Gasteiger charge is -2.31. The first-order chi connectivity index (χ1) is 9.86. The quantitative estimate of drug-likeness (QED) is 0.814. The smallest absolute Gasteiger partial charge is 0.123 e. The molecule has 0 aliphatic carbocycles. The van der Waals surface area contributed by atoms with Gasteiger partial charge in [-0.15, -0.1) is 0 Å². The highest BCUT2D eigenvalue weighted by Crippen LogP contribution is 2.32. The summed E-state index contributed by atoms with van der Waals surface area (Å²) in [4.78, 5) is 2.54. The van der Waals surface area contributed by atoms with Crippen molar-refractivity contribution in [3.63, 3.8) is 0 Å². The summed E-state index contributed by atoms with van der Waals surface area (Å²) in [5.74, 6) is 1.89. The highest BCUT2D eigenvalue weighted by atomic mass is 16.5. The number of aryl methyl sites for hydroxylation is 1.